The molecule has 3 rings (SSSR count). The summed E-state index contributed by atoms with van der Waals surface area (Å²) < 4.78 is 12.3. The first kappa shape index (κ1) is 16.4. The minimum absolute atomic E-state index is 0.244. The van der Waals surface area contributed by atoms with Gasteiger partial charge in [-0.05, 0) is 56.2 Å². The molecule has 0 aliphatic carbocycles. The Kier molecular flexibility index (Phi) is 5.30. The van der Waals surface area contributed by atoms with Crippen molar-refractivity contribution in [1.82, 2.24) is 10.7 Å². The topological polar surface area (TPSA) is 58.8 Å². The molecule has 0 radical (unpaired) electrons. The van der Waals surface area contributed by atoms with Crippen LogP contribution in [0.1, 0.15) is 25.5 Å². The largest absolute Gasteiger partial charge is 0.455 e. The number of fused-ring (bicyclic) bond motifs is 1. The van der Waals surface area contributed by atoms with E-state index in [1.54, 1.807) is 0 Å². The zero-order chi connectivity index (χ0) is 16.2. The average Bonchev–Trinajstić information content (AvgIpc) is 3.19. The number of benzene rings is 1. The van der Waals surface area contributed by atoms with Gasteiger partial charge in [0.2, 0.25) is 0 Å². The lowest BCUT2D eigenvalue weighted by Gasteiger charge is -2.12. The van der Waals surface area contributed by atoms with Crippen molar-refractivity contribution in [2.45, 2.75) is 25.9 Å². The summed E-state index contributed by atoms with van der Waals surface area (Å²) in [6.45, 7) is 3.42. The zero-order valence-corrected chi connectivity index (χ0v) is 15.2. The molecule has 1 atom stereocenters. The Hall–Kier alpha value is -1.44. The second-order valence-corrected chi connectivity index (χ2v) is 6.77. The number of thiocarbonyl (C=S) groups is 1. The van der Waals surface area contributed by atoms with Crippen molar-refractivity contribution in [3.63, 3.8) is 0 Å². The van der Waals surface area contributed by atoms with Crippen molar-refractivity contribution in [3.05, 3.63) is 34.5 Å². The molecular formula is C16H18BrN3O2S. The number of rotatable bonds is 4. The molecule has 7 heteroatoms. The molecule has 1 saturated heterocycles. The second-order valence-electron chi connectivity index (χ2n) is 5.45. The summed E-state index contributed by atoms with van der Waals surface area (Å²) in [4.78, 5) is 0. The summed E-state index contributed by atoms with van der Waals surface area (Å²) in [6.07, 6.45) is 2.44. The van der Waals surface area contributed by atoms with E-state index in [9.17, 15) is 0 Å². The number of hydrazone groups is 1. The van der Waals surface area contributed by atoms with Gasteiger partial charge in [0.15, 0.2) is 10.9 Å². The number of hydrogen-bond acceptors (Lipinski definition) is 4. The third kappa shape index (κ3) is 4.31. The summed E-state index contributed by atoms with van der Waals surface area (Å²) in [7, 11) is 0. The fourth-order valence-corrected chi connectivity index (χ4v) is 2.94. The molecule has 5 nitrogen and oxygen atoms in total. The lowest BCUT2D eigenvalue weighted by atomic mass is 10.2. The summed E-state index contributed by atoms with van der Waals surface area (Å²) >= 11 is 8.67. The summed E-state index contributed by atoms with van der Waals surface area (Å²) in [6, 6.07) is 7.85. The van der Waals surface area contributed by atoms with Gasteiger partial charge < -0.3 is 14.5 Å². The molecule has 0 saturated carbocycles. The maximum atomic E-state index is 5.78. The predicted molar refractivity (Wildman–Crippen MR) is 98.8 cm³/mol. The summed E-state index contributed by atoms with van der Waals surface area (Å²) in [5, 5.41) is 8.91. The fraction of sp³-hybridized carbons (Fsp3) is 0.375. The quantitative estimate of drug-likeness (QED) is 0.470. The third-order valence-electron chi connectivity index (χ3n) is 3.67. The van der Waals surface area contributed by atoms with Crippen LogP contribution in [0.2, 0.25) is 0 Å². The SMILES string of the molecule is C/C(=N/NC(=S)NC[C@@H]1CCCO1)c1cc2cc(Br)ccc2o1. The normalized spacial score (nSPS) is 18.3. The molecule has 0 amide bonds. The molecule has 2 N–H and O–H groups in total. The number of halogens is 1. The first-order chi connectivity index (χ1) is 11.1. The van der Waals surface area contributed by atoms with Gasteiger partial charge in [-0.2, -0.15) is 5.10 Å². The van der Waals surface area contributed by atoms with Gasteiger partial charge in [0, 0.05) is 23.0 Å². The Bertz CT molecular complexity index is 738. The zero-order valence-electron chi connectivity index (χ0n) is 12.8. The Morgan fingerprint density at radius 1 is 1.43 bits per heavy atom. The Balaban J connectivity index is 1.58. The molecule has 2 heterocycles. The Morgan fingerprint density at radius 3 is 3.09 bits per heavy atom. The number of hydrogen-bond donors (Lipinski definition) is 2. The van der Waals surface area contributed by atoms with E-state index in [4.69, 9.17) is 21.4 Å². The van der Waals surface area contributed by atoms with Gasteiger partial charge in [0.1, 0.15) is 11.3 Å². The van der Waals surface area contributed by atoms with Crippen LogP contribution in [0.25, 0.3) is 11.0 Å². The van der Waals surface area contributed by atoms with Crippen LogP contribution in [0.3, 0.4) is 0 Å². The highest BCUT2D eigenvalue weighted by molar-refractivity contribution is 9.10. The first-order valence-corrected chi connectivity index (χ1v) is 8.71. The maximum absolute atomic E-state index is 5.78. The number of furan rings is 1. The van der Waals surface area contributed by atoms with Gasteiger partial charge in [-0.25, -0.2) is 0 Å². The van der Waals surface area contributed by atoms with Crippen LogP contribution in [0.4, 0.5) is 0 Å². The van der Waals surface area contributed by atoms with E-state index in [1.165, 1.54) is 0 Å². The van der Waals surface area contributed by atoms with Gasteiger partial charge in [-0.15, -0.1) is 0 Å². The minimum Gasteiger partial charge on any atom is -0.455 e. The van der Waals surface area contributed by atoms with Crippen LogP contribution < -0.4 is 10.7 Å². The lowest BCUT2D eigenvalue weighted by molar-refractivity contribution is 0.114. The van der Waals surface area contributed by atoms with Gasteiger partial charge in [-0.1, -0.05) is 15.9 Å². The Labute approximate surface area is 148 Å². The number of nitrogens with zero attached hydrogens (tertiary/aromatic N) is 1. The molecule has 0 spiro atoms. The van der Waals surface area contributed by atoms with Crippen molar-refractivity contribution >= 4 is 49.9 Å². The van der Waals surface area contributed by atoms with Gasteiger partial charge in [-0.3, -0.25) is 5.43 Å². The highest BCUT2D eigenvalue weighted by Crippen LogP contribution is 2.23. The molecule has 1 aromatic heterocycles. The molecule has 0 bridgehead atoms. The van der Waals surface area contributed by atoms with Gasteiger partial charge in [0.05, 0.1) is 6.10 Å². The van der Waals surface area contributed by atoms with E-state index in [0.717, 1.165) is 40.6 Å². The van der Waals surface area contributed by atoms with Crippen molar-refractivity contribution in [2.24, 2.45) is 5.10 Å². The van der Waals surface area contributed by atoms with Crippen LogP contribution in [0.15, 0.2) is 38.3 Å². The van der Waals surface area contributed by atoms with Crippen LogP contribution >= 0.6 is 28.1 Å². The summed E-state index contributed by atoms with van der Waals surface area (Å²) in [5.74, 6) is 0.715. The highest BCUT2D eigenvalue weighted by atomic mass is 79.9. The Morgan fingerprint density at radius 2 is 2.30 bits per heavy atom. The van der Waals surface area contributed by atoms with Crippen LogP contribution in [0, 0.1) is 0 Å². The molecule has 1 aromatic carbocycles. The van der Waals surface area contributed by atoms with E-state index in [-0.39, 0.29) is 6.10 Å². The van der Waals surface area contributed by atoms with Gasteiger partial charge >= 0.3 is 0 Å². The third-order valence-corrected chi connectivity index (χ3v) is 4.40. The molecule has 1 fully saturated rings. The average molecular weight is 396 g/mol. The fourth-order valence-electron chi connectivity index (χ4n) is 2.43. The van der Waals surface area contributed by atoms with Crippen molar-refractivity contribution in [1.29, 1.82) is 0 Å². The van der Waals surface area contributed by atoms with E-state index < -0.39 is 0 Å². The minimum atomic E-state index is 0.244. The van der Waals surface area contributed by atoms with E-state index in [1.807, 2.05) is 31.2 Å². The molecule has 1 aliphatic heterocycles. The monoisotopic (exact) mass is 395 g/mol. The van der Waals surface area contributed by atoms with E-state index >= 15 is 0 Å². The predicted octanol–water partition coefficient (Wildman–Crippen LogP) is 3.56. The number of nitrogens with one attached hydrogen (secondary N) is 2. The van der Waals surface area contributed by atoms with E-state index in [0.29, 0.717) is 17.4 Å². The molecule has 23 heavy (non-hydrogen) atoms. The molecule has 122 valence electrons. The van der Waals surface area contributed by atoms with Crippen molar-refractivity contribution in [2.75, 3.05) is 13.2 Å². The standard InChI is InChI=1S/C16H18BrN3O2S/c1-10(15-8-11-7-12(17)4-5-14(11)22-15)19-20-16(23)18-9-13-3-2-6-21-13/h4-5,7-8,13H,2-3,6,9H2,1H3,(H2,18,20,23)/b19-10-/t13-/m0/s1. The molecular weight excluding hydrogens is 378 g/mol. The van der Waals surface area contributed by atoms with Crippen LogP contribution in [0.5, 0.6) is 0 Å². The second kappa shape index (κ2) is 7.42. The highest BCUT2D eigenvalue weighted by Gasteiger charge is 2.15. The number of ether oxygens (including phenoxy) is 1. The maximum Gasteiger partial charge on any atom is 0.187 e. The summed E-state index contributed by atoms with van der Waals surface area (Å²) in [5.41, 5.74) is 4.41. The van der Waals surface area contributed by atoms with Crippen molar-refractivity contribution < 1.29 is 9.15 Å². The molecule has 0 unspecified atom stereocenters. The first-order valence-electron chi connectivity index (χ1n) is 7.51. The molecule has 1 aliphatic rings. The molecule has 2 aromatic rings. The smallest absolute Gasteiger partial charge is 0.187 e. The van der Waals surface area contributed by atoms with Crippen LogP contribution in [-0.4, -0.2) is 30.1 Å². The van der Waals surface area contributed by atoms with Crippen molar-refractivity contribution in [3.8, 4) is 0 Å². The van der Waals surface area contributed by atoms with Crippen LogP contribution in [-0.2, 0) is 4.74 Å². The van der Waals surface area contributed by atoms with Gasteiger partial charge in [0.25, 0.3) is 0 Å². The lowest BCUT2D eigenvalue weighted by Crippen LogP contribution is -2.37. The van der Waals surface area contributed by atoms with E-state index in [2.05, 4.69) is 31.8 Å².